The first-order valence-corrected chi connectivity index (χ1v) is 11.5. The van der Waals surface area contributed by atoms with Gasteiger partial charge in [-0.05, 0) is 67.5 Å². The van der Waals surface area contributed by atoms with Crippen LogP contribution in [0.4, 0.5) is 13.2 Å². The molecule has 0 atom stereocenters. The van der Waals surface area contributed by atoms with Crippen LogP contribution in [0.1, 0.15) is 53.7 Å². The van der Waals surface area contributed by atoms with Crippen molar-refractivity contribution in [2.24, 2.45) is 0 Å². The van der Waals surface area contributed by atoms with Gasteiger partial charge in [-0.2, -0.15) is 17.9 Å². The van der Waals surface area contributed by atoms with Crippen LogP contribution in [0.3, 0.4) is 0 Å². The van der Waals surface area contributed by atoms with Crippen LogP contribution in [0.25, 0.3) is 5.57 Å². The van der Waals surface area contributed by atoms with E-state index in [4.69, 9.17) is 4.74 Å². The molecular formula is C23H24F3NO4S. The van der Waals surface area contributed by atoms with Crippen molar-refractivity contribution in [2.75, 3.05) is 6.61 Å². The van der Waals surface area contributed by atoms with E-state index in [-0.39, 0.29) is 5.56 Å². The molecule has 0 fully saturated rings. The number of carbonyl (C=O) groups is 1. The third-order valence-corrected chi connectivity index (χ3v) is 6.43. The Hall–Kier alpha value is -2.65. The van der Waals surface area contributed by atoms with Gasteiger partial charge < -0.3 is 4.74 Å². The maximum atomic E-state index is 12.6. The van der Waals surface area contributed by atoms with E-state index in [2.05, 4.69) is 12.1 Å². The molecule has 32 heavy (non-hydrogen) atoms. The second-order valence-electron chi connectivity index (χ2n) is 8.26. The molecule has 0 unspecified atom stereocenters. The molecule has 9 heteroatoms. The van der Waals surface area contributed by atoms with Crippen molar-refractivity contribution >= 4 is 21.6 Å². The van der Waals surface area contributed by atoms with Gasteiger partial charge >= 0.3 is 21.5 Å². The van der Waals surface area contributed by atoms with Crippen LogP contribution < -0.4 is 4.72 Å². The second-order valence-corrected chi connectivity index (χ2v) is 9.93. The lowest BCUT2D eigenvalue weighted by Crippen LogP contribution is -2.51. The molecule has 0 aromatic heterocycles. The Morgan fingerprint density at radius 3 is 2.53 bits per heavy atom. The molecule has 2 aromatic rings. The van der Waals surface area contributed by atoms with Crippen LogP contribution in [-0.4, -0.2) is 32.0 Å². The highest BCUT2D eigenvalue weighted by molar-refractivity contribution is 7.90. The summed E-state index contributed by atoms with van der Waals surface area (Å²) in [7, 11) is -5.57. The highest BCUT2D eigenvalue weighted by Gasteiger charge is 2.48. The molecule has 0 saturated carbocycles. The minimum absolute atomic E-state index is 0.222. The number of esters is 1. The number of alkyl halides is 3. The summed E-state index contributed by atoms with van der Waals surface area (Å²) in [6.07, 6.45) is 5.00. The molecule has 2 aromatic carbocycles. The minimum atomic E-state index is -5.57. The molecule has 0 saturated heterocycles. The maximum Gasteiger partial charge on any atom is 0.511 e. The molecule has 0 bridgehead atoms. The Labute approximate surface area is 185 Å². The lowest BCUT2D eigenvalue weighted by molar-refractivity contribution is -0.0459. The molecule has 0 radical (unpaired) electrons. The van der Waals surface area contributed by atoms with Crippen molar-refractivity contribution in [3.63, 3.8) is 0 Å². The number of fused-ring (bicyclic) bond motifs is 1. The minimum Gasteiger partial charge on any atom is -0.460 e. The molecule has 1 N–H and O–H groups in total. The fraction of sp³-hybridized carbons (Fsp3) is 0.348. The zero-order valence-electron chi connectivity index (χ0n) is 17.7. The highest BCUT2D eigenvalue weighted by atomic mass is 32.2. The number of aryl methyl sites for hydroxylation is 1. The third-order valence-electron chi connectivity index (χ3n) is 4.99. The first-order valence-electron chi connectivity index (χ1n) is 10.1. The SMILES string of the molecule is CC(C)(COC(=O)c1cccc(C2=CCCCc3ccccc32)c1)NS(=O)(=O)C(F)(F)F. The van der Waals surface area contributed by atoms with E-state index in [0.29, 0.717) is 0 Å². The van der Waals surface area contributed by atoms with Crippen LogP contribution in [0.5, 0.6) is 0 Å². The number of ether oxygens (including phenoxy) is 1. The Bertz CT molecular complexity index is 1140. The Balaban J connectivity index is 1.76. The Morgan fingerprint density at radius 2 is 1.81 bits per heavy atom. The van der Waals surface area contributed by atoms with Crippen molar-refractivity contribution in [3.05, 3.63) is 76.9 Å². The lowest BCUT2D eigenvalue weighted by Gasteiger charge is -2.26. The summed E-state index contributed by atoms with van der Waals surface area (Å²) in [6, 6.07) is 14.9. The van der Waals surface area contributed by atoms with E-state index in [0.717, 1.165) is 36.0 Å². The van der Waals surface area contributed by atoms with E-state index in [1.807, 2.05) is 24.3 Å². The summed E-state index contributed by atoms with van der Waals surface area (Å²) in [5.74, 6) is -0.756. The predicted molar refractivity (Wildman–Crippen MR) is 115 cm³/mol. The highest BCUT2D eigenvalue weighted by Crippen LogP contribution is 2.31. The normalized spacial score (nSPS) is 14.8. The van der Waals surface area contributed by atoms with Crippen molar-refractivity contribution in [2.45, 2.75) is 44.2 Å². The number of benzene rings is 2. The van der Waals surface area contributed by atoms with Gasteiger partial charge in [0.15, 0.2) is 0 Å². The quantitative estimate of drug-likeness (QED) is 0.618. The molecule has 0 amide bonds. The van der Waals surface area contributed by atoms with Gasteiger partial charge in [0.2, 0.25) is 0 Å². The number of sulfonamides is 1. The zero-order valence-corrected chi connectivity index (χ0v) is 18.5. The predicted octanol–water partition coefficient (Wildman–Crippen LogP) is 4.83. The van der Waals surface area contributed by atoms with E-state index in [1.165, 1.54) is 24.1 Å². The number of allylic oxidation sites excluding steroid dienone is 1. The Morgan fingerprint density at radius 1 is 1.09 bits per heavy atom. The number of nitrogens with one attached hydrogen (secondary N) is 1. The van der Waals surface area contributed by atoms with Crippen molar-refractivity contribution in [1.82, 2.24) is 4.72 Å². The number of hydrogen-bond donors (Lipinski definition) is 1. The standard InChI is InChI=1S/C23H24F3NO4S/c1-22(2,27-32(29,30)23(24,25)26)15-31-21(28)18-11-7-10-17(14-18)20-13-6-4-9-16-8-3-5-12-19(16)20/h3,5,7-8,10-14,27H,4,6,9,15H2,1-2H3. The fourth-order valence-electron chi connectivity index (χ4n) is 3.52. The van der Waals surface area contributed by atoms with Crippen LogP contribution in [-0.2, 0) is 21.2 Å². The molecule has 5 nitrogen and oxygen atoms in total. The Kier molecular flexibility index (Phi) is 6.80. The van der Waals surface area contributed by atoms with E-state index < -0.39 is 33.6 Å². The zero-order chi connectivity index (χ0) is 23.6. The first kappa shape index (κ1) is 24.0. The summed E-state index contributed by atoms with van der Waals surface area (Å²) in [4.78, 5) is 12.6. The summed E-state index contributed by atoms with van der Waals surface area (Å²) >= 11 is 0. The fourth-order valence-corrected chi connectivity index (χ4v) is 4.42. The van der Waals surface area contributed by atoms with Gasteiger partial charge in [-0.25, -0.2) is 13.2 Å². The number of halogens is 3. The molecule has 1 aliphatic carbocycles. The van der Waals surface area contributed by atoms with E-state index in [1.54, 1.807) is 18.2 Å². The molecule has 0 heterocycles. The summed E-state index contributed by atoms with van der Waals surface area (Å²) < 4.78 is 67.2. The van der Waals surface area contributed by atoms with Gasteiger partial charge in [-0.3, -0.25) is 0 Å². The van der Waals surface area contributed by atoms with E-state index >= 15 is 0 Å². The average molecular weight is 468 g/mol. The largest absolute Gasteiger partial charge is 0.511 e. The number of rotatable bonds is 6. The van der Waals surface area contributed by atoms with Gasteiger partial charge in [-0.15, -0.1) is 0 Å². The topological polar surface area (TPSA) is 72.5 Å². The van der Waals surface area contributed by atoms with Crippen molar-refractivity contribution in [3.8, 4) is 0 Å². The smallest absolute Gasteiger partial charge is 0.460 e. The summed E-state index contributed by atoms with van der Waals surface area (Å²) in [5, 5.41) is 0. The summed E-state index contributed by atoms with van der Waals surface area (Å²) in [6.45, 7) is 1.83. The maximum absolute atomic E-state index is 12.6. The molecule has 3 rings (SSSR count). The first-order chi connectivity index (χ1) is 14.9. The lowest BCUT2D eigenvalue weighted by atomic mass is 9.93. The van der Waals surface area contributed by atoms with E-state index in [9.17, 15) is 26.4 Å². The molecule has 0 aliphatic heterocycles. The van der Waals surface area contributed by atoms with Gasteiger partial charge in [0, 0.05) is 0 Å². The van der Waals surface area contributed by atoms with Crippen LogP contribution in [0, 0.1) is 0 Å². The number of carbonyl (C=O) groups excluding carboxylic acids is 1. The third kappa shape index (κ3) is 5.58. The van der Waals surface area contributed by atoms with Crippen molar-refractivity contribution in [1.29, 1.82) is 0 Å². The van der Waals surface area contributed by atoms with Gasteiger partial charge in [0.25, 0.3) is 0 Å². The molecule has 172 valence electrons. The summed E-state index contributed by atoms with van der Waals surface area (Å²) in [5.41, 5.74) is -2.73. The molecule has 0 spiro atoms. The number of hydrogen-bond acceptors (Lipinski definition) is 4. The molecule has 1 aliphatic rings. The van der Waals surface area contributed by atoms with Crippen molar-refractivity contribution < 1.29 is 31.1 Å². The second kappa shape index (κ2) is 9.07. The average Bonchev–Trinajstić information content (AvgIpc) is 2.93. The molecular weight excluding hydrogens is 443 g/mol. The monoisotopic (exact) mass is 467 g/mol. The van der Waals surface area contributed by atoms with Gasteiger partial charge in [-0.1, -0.05) is 42.5 Å². The van der Waals surface area contributed by atoms with Crippen LogP contribution >= 0.6 is 0 Å². The van der Waals surface area contributed by atoms with Crippen LogP contribution in [0.15, 0.2) is 54.6 Å². The van der Waals surface area contributed by atoms with Gasteiger partial charge in [0.05, 0.1) is 11.1 Å². The van der Waals surface area contributed by atoms with Gasteiger partial charge in [0.1, 0.15) is 6.61 Å². The van der Waals surface area contributed by atoms with Crippen LogP contribution in [0.2, 0.25) is 0 Å².